The number of aromatic nitrogens is 3. The van der Waals surface area contributed by atoms with E-state index in [1.807, 2.05) is 29.2 Å². The highest BCUT2D eigenvalue weighted by Crippen LogP contribution is 2.34. The lowest BCUT2D eigenvalue weighted by atomic mass is 10.0. The van der Waals surface area contributed by atoms with Crippen molar-refractivity contribution in [1.29, 1.82) is 0 Å². The van der Waals surface area contributed by atoms with Crippen LogP contribution in [0, 0.1) is 0 Å². The van der Waals surface area contributed by atoms with Crippen molar-refractivity contribution in [2.75, 3.05) is 25.0 Å². The molecule has 0 radical (unpaired) electrons. The lowest BCUT2D eigenvalue weighted by Crippen LogP contribution is -2.44. The molecule has 0 bridgehead atoms. The van der Waals surface area contributed by atoms with Gasteiger partial charge in [0.05, 0.1) is 11.6 Å². The Balaban J connectivity index is 1.66. The number of rotatable bonds is 5. The molecule has 0 spiro atoms. The number of anilines is 1. The number of hydrogen-bond acceptors (Lipinski definition) is 7. The lowest BCUT2D eigenvalue weighted by Gasteiger charge is -2.32. The Kier molecular flexibility index (Phi) is 5.46. The number of pyridine rings is 1. The van der Waals surface area contributed by atoms with Crippen LogP contribution in [0.4, 0.5) is 5.82 Å². The van der Waals surface area contributed by atoms with Gasteiger partial charge in [-0.1, -0.05) is 35.9 Å². The van der Waals surface area contributed by atoms with Crippen molar-refractivity contribution in [3.63, 3.8) is 0 Å². The molecule has 0 aliphatic carbocycles. The highest BCUT2D eigenvalue weighted by Gasteiger charge is 2.23. The summed E-state index contributed by atoms with van der Waals surface area (Å²) in [5.74, 6) is -0.259. The van der Waals surface area contributed by atoms with Crippen LogP contribution in [0.15, 0.2) is 36.5 Å². The zero-order chi connectivity index (χ0) is 20.4. The number of aliphatic carboxylic acids is 1. The molecule has 1 saturated heterocycles. The van der Waals surface area contributed by atoms with Crippen molar-refractivity contribution in [3.8, 4) is 17.1 Å². The second-order valence-electron chi connectivity index (χ2n) is 7.08. The van der Waals surface area contributed by atoms with E-state index < -0.39 is 5.97 Å². The molecule has 29 heavy (non-hydrogen) atoms. The number of carboxylic acid groups (broad SMARTS) is 1. The minimum Gasteiger partial charge on any atom is -0.506 e. The minimum absolute atomic E-state index is 0.0328. The molecule has 1 atom stereocenters. The number of piperidine rings is 1. The largest absolute Gasteiger partial charge is 0.506 e. The zero-order valence-electron chi connectivity index (χ0n) is 15.5. The molecule has 3 heterocycles. The van der Waals surface area contributed by atoms with Gasteiger partial charge in [0.15, 0.2) is 5.82 Å². The summed E-state index contributed by atoms with van der Waals surface area (Å²) in [6, 6.07) is 9.13. The Morgan fingerprint density at radius 1 is 1.24 bits per heavy atom. The van der Waals surface area contributed by atoms with Crippen molar-refractivity contribution in [3.05, 3.63) is 41.6 Å². The Morgan fingerprint density at radius 3 is 2.79 bits per heavy atom. The van der Waals surface area contributed by atoms with E-state index in [1.165, 1.54) is 12.3 Å². The average molecular weight is 414 g/mol. The molecule has 1 aliphatic rings. The van der Waals surface area contributed by atoms with Crippen molar-refractivity contribution < 1.29 is 15.0 Å². The molecule has 150 valence electrons. The molecule has 3 aromatic rings. The molecule has 0 amide bonds. The monoisotopic (exact) mass is 413 g/mol. The van der Waals surface area contributed by atoms with Gasteiger partial charge < -0.3 is 15.5 Å². The molecule has 3 N–H and O–H groups in total. The maximum atomic E-state index is 11.0. The molecular formula is C20H20ClN5O3. The standard InChI is InChI=1S/C20H20ClN5O3/c21-12-8-16(27)19(22-9-12)18-14-5-1-2-6-15(14)20(25-24-18)23-13-4-3-7-26(10-13)11-17(28)29/h1-2,5-6,8-9,13,27H,3-4,7,10-11H2,(H,23,25)(H,28,29). The third-order valence-corrected chi connectivity index (χ3v) is 5.16. The number of carbonyl (C=O) groups is 1. The number of nitrogens with one attached hydrogen (secondary N) is 1. The van der Waals surface area contributed by atoms with Crippen LogP contribution in [-0.4, -0.2) is 61.9 Å². The molecule has 1 aliphatic heterocycles. The first-order chi connectivity index (χ1) is 14.0. The summed E-state index contributed by atoms with van der Waals surface area (Å²) in [6.45, 7) is 1.44. The van der Waals surface area contributed by atoms with Crippen molar-refractivity contribution in [2.45, 2.75) is 18.9 Å². The van der Waals surface area contributed by atoms with Gasteiger partial charge in [0.25, 0.3) is 0 Å². The summed E-state index contributed by atoms with van der Waals surface area (Å²) in [5, 5.41) is 33.4. The van der Waals surface area contributed by atoms with Gasteiger partial charge >= 0.3 is 5.97 Å². The summed E-state index contributed by atoms with van der Waals surface area (Å²) >= 11 is 5.89. The van der Waals surface area contributed by atoms with Crippen LogP contribution < -0.4 is 5.32 Å². The molecular weight excluding hydrogens is 394 g/mol. The van der Waals surface area contributed by atoms with Crippen molar-refractivity contribution >= 4 is 34.2 Å². The summed E-state index contributed by atoms with van der Waals surface area (Å²) in [5.41, 5.74) is 0.784. The summed E-state index contributed by atoms with van der Waals surface area (Å²) in [4.78, 5) is 17.1. The highest BCUT2D eigenvalue weighted by atomic mass is 35.5. The maximum absolute atomic E-state index is 11.0. The van der Waals surface area contributed by atoms with Gasteiger partial charge in [-0.3, -0.25) is 9.69 Å². The van der Waals surface area contributed by atoms with Gasteiger partial charge in [0, 0.05) is 35.6 Å². The fourth-order valence-corrected chi connectivity index (χ4v) is 3.85. The van der Waals surface area contributed by atoms with Gasteiger partial charge in [-0.15, -0.1) is 10.2 Å². The van der Waals surface area contributed by atoms with E-state index in [9.17, 15) is 9.90 Å². The number of nitrogens with zero attached hydrogens (tertiary/aromatic N) is 4. The van der Waals surface area contributed by atoms with Crippen LogP contribution in [0.3, 0.4) is 0 Å². The fourth-order valence-electron chi connectivity index (χ4n) is 3.70. The van der Waals surface area contributed by atoms with E-state index in [0.29, 0.717) is 28.8 Å². The van der Waals surface area contributed by atoms with Gasteiger partial charge in [0.1, 0.15) is 17.1 Å². The van der Waals surface area contributed by atoms with Crippen molar-refractivity contribution in [2.24, 2.45) is 0 Å². The molecule has 1 fully saturated rings. The van der Waals surface area contributed by atoms with E-state index in [2.05, 4.69) is 20.5 Å². The van der Waals surface area contributed by atoms with E-state index in [4.69, 9.17) is 16.7 Å². The van der Waals surface area contributed by atoms with E-state index >= 15 is 0 Å². The SMILES string of the molecule is O=C(O)CN1CCCC(Nc2nnc(-c3ncc(Cl)cc3O)c3ccccc23)C1. The highest BCUT2D eigenvalue weighted by molar-refractivity contribution is 6.30. The smallest absolute Gasteiger partial charge is 0.317 e. The third kappa shape index (κ3) is 4.23. The number of benzene rings is 1. The van der Waals surface area contributed by atoms with Crippen LogP contribution in [0.2, 0.25) is 5.02 Å². The number of aromatic hydroxyl groups is 1. The number of likely N-dealkylation sites (tertiary alicyclic amines) is 1. The molecule has 1 aromatic carbocycles. The number of halogens is 1. The van der Waals surface area contributed by atoms with E-state index in [0.717, 1.165) is 30.2 Å². The van der Waals surface area contributed by atoms with E-state index in [1.54, 1.807) is 0 Å². The van der Waals surface area contributed by atoms with Crippen LogP contribution in [-0.2, 0) is 4.79 Å². The van der Waals surface area contributed by atoms with Crippen LogP contribution in [0.5, 0.6) is 5.75 Å². The van der Waals surface area contributed by atoms with Gasteiger partial charge in [-0.2, -0.15) is 0 Å². The number of carboxylic acids is 1. The third-order valence-electron chi connectivity index (χ3n) is 4.95. The first kappa shape index (κ1) is 19.4. The Labute approximate surface area is 172 Å². The molecule has 4 rings (SSSR count). The summed E-state index contributed by atoms with van der Waals surface area (Å²) in [6.07, 6.45) is 3.29. The fraction of sp³-hybridized carbons (Fsp3) is 0.300. The van der Waals surface area contributed by atoms with Crippen LogP contribution >= 0.6 is 11.6 Å². The number of hydrogen-bond donors (Lipinski definition) is 3. The molecule has 9 heteroatoms. The Hall–Kier alpha value is -2.97. The first-order valence-electron chi connectivity index (χ1n) is 9.32. The maximum Gasteiger partial charge on any atom is 0.317 e. The molecule has 8 nitrogen and oxygen atoms in total. The molecule has 1 unspecified atom stereocenters. The zero-order valence-corrected chi connectivity index (χ0v) is 16.3. The number of fused-ring (bicyclic) bond motifs is 1. The van der Waals surface area contributed by atoms with Gasteiger partial charge in [0.2, 0.25) is 0 Å². The topological polar surface area (TPSA) is 111 Å². The van der Waals surface area contributed by atoms with Crippen molar-refractivity contribution in [1.82, 2.24) is 20.1 Å². The van der Waals surface area contributed by atoms with E-state index in [-0.39, 0.29) is 18.3 Å². The van der Waals surface area contributed by atoms with Crippen LogP contribution in [0.25, 0.3) is 22.2 Å². The normalized spacial score (nSPS) is 17.3. The lowest BCUT2D eigenvalue weighted by molar-refractivity contribution is -0.138. The molecule has 0 saturated carbocycles. The predicted molar refractivity (Wildman–Crippen MR) is 110 cm³/mol. The van der Waals surface area contributed by atoms with Gasteiger partial charge in [-0.05, 0) is 19.4 Å². The first-order valence-corrected chi connectivity index (χ1v) is 9.70. The summed E-state index contributed by atoms with van der Waals surface area (Å²) < 4.78 is 0. The molecule has 2 aromatic heterocycles. The predicted octanol–water partition coefficient (Wildman–Crippen LogP) is 3.01. The average Bonchev–Trinajstić information content (AvgIpc) is 2.69. The quantitative estimate of drug-likeness (QED) is 0.585. The Morgan fingerprint density at radius 2 is 2.03 bits per heavy atom. The Bertz CT molecular complexity index is 1060. The minimum atomic E-state index is -0.824. The second-order valence-corrected chi connectivity index (χ2v) is 7.51. The second kappa shape index (κ2) is 8.18. The summed E-state index contributed by atoms with van der Waals surface area (Å²) in [7, 11) is 0. The van der Waals surface area contributed by atoms with Crippen LogP contribution in [0.1, 0.15) is 12.8 Å². The van der Waals surface area contributed by atoms with Gasteiger partial charge in [-0.25, -0.2) is 4.98 Å².